The van der Waals surface area contributed by atoms with E-state index in [1.807, 2.05) is 0 Å². The maximum atomic E-state index is 12.5. The third kappa shape index (κ3) is 5.49. The zero-order valence-electron chi connectivity index (χ0n) is 14.7. The van der Waals surface area contributed by atoms with E-state index in [0.29, 0.717) is 10.2 Å². The number of carbonyl (C=O) groups is 1. The molecule has 0 atom stereocenters. The highest BCUT2D eigenvalue weighted by molar-refractivity contribution is 9.10. The summed E-state index contributed by atoms with van der Waals surface area (Å²) in [5.74, 6) is -1.60. The molecule has 0 aliphatic rings. The molecule has 2 aromatic carbocycles. The van der Waals surface area contributed by atoms with Gasteiger partial charge in [-0.2, -0.15) is 14.0 Å². The SMILES string of the molecule is COc1cc(/C=C(\C#N)C(=O)Nc2ccccc2Br)c([N+](=O)[O-])cc1OC(F)F. The lowest BCUT2D eigenvalue weighted by Gasteiger charge is -2.11. The number of nitriles is 1. The fourth-order valence-electron chi connectivity index (χ4n) is 2.24. The van der Waals surface area contributed by atoms with Crippen molar-refractivity contribution in [2.45, 2.75) is 6.61 Å². The molecule has 0 aliphatic carbocycles. The Hall–Kier alpha value is -3.52. The molecule has 29 heavy (non-hydrogen) atoms. The molecule has 1 amide bonds. The molecule has 0 aliphatic heterocycles. The van der Waals surface area contributed by atoms with Crippen LogP contribution in [0.25, 0.3) is 6.08 Å². The largest absolute Gasteiger partial charge is 0.493 e. The first-order chi connectivity index (χ1) is 13.8. The first kappa shape index (κ1) is 21.8. The standard InChI is InChI=1S/C18H12BrF2N3O5/c1-28-15-7-10(14(24(26)27)8-16(15)29-18(20)21)6-11(9-22)17(25)23-13-5-3-2-4-12(13)19/h2-8,18H,1H3,(H,23,25)/b11-6+. The van der Waals surface area contributed by atoms with Gasteiger partial charge in [0, 0.05) is 4.47 Å². The molecule has 0 fully saturated rings. The Balaban J connectivity index is 2.48. The van der Waals surface area contributed by atoms with Crippen molar-refractivity contribution in [1.29, 1.82) is 5.26 Å². The molecule has 0 unspecified atom stereocenters. The number of nitrogens with one attached hydrogen (secondary N) is 1. The summed E-state index contributed by atoms with van der Waals surface area (Å²) in [5, 5.41) is 23.2. The maximum absolute atomic E-state index is 12.5. The number of alkyl halides is 2. The number of rotatable bonds is 7. The molecule has 11 heteroatoms. The summed E-state index contributed by atoms with van der Waals surface area (Å²) >= 11 is 3.24. The number of ether oxygens (including phenoxy) is 2. The summed E-state index contributed by atoms with van der Waals surface area (Å²) in [6.07, 6.45) is 0.957. The average molecular weight is 468 g/mol. The number of anilines is 1. The second-order valence-corrected chi connectivity index (χ2v) is 6.16. The Labute approximate surface area is 171 Å². The average Bonchev–Trinajstić information content (AvgIpc) is 2.67. The van der Waals surface area contributed by atoms with Gasteiger partial charge in [0.05, 0.1) is 29.4 Å². The molecule has 150 valence electrons. The molecule has 0 saturated heterocycles. The summed E-state index contributed by atoms with van der Waals surface area (Å²) in [7, 11) is 1.15. The van der Waals surface area contributed by atoms with Gasteiger partial charge in [-0.05, 0) is 40.2 Å². The smallest absolute Gasteiger partial charge is 0.387 e. The molecule has 0 heterocycles. The van der Waals surface area contributed by atoms with Crippen LogP contribution in [0.4, 0.5) is 20.2 Å². The quantitative estimate of drug-likeness (QED) is 0.277. The number of methoxy groups -OCH3 is 1. The summed E-state index contributed by atoms with van der Waals surface area (Å²) in [6.45, 7) is -3.23. The third-order valence-electron chi connectivity index (χ3n) is 3.51. The number of benzene rings is 2. The van der Waals surface area contributed by atoms with E-state index >= 15 is 0 Å². The number of hydrogen-bond donors (Lipinski definition) is 1. The predicted molar refractivity (Wildman–Crippen MR) is 103 cm³/mol. The van der Waals surface area contributed by atoms with Gasteiger partial charge in [0.25, 0.3) is 11.6 Å². The third-order valence-corrected chi connectivity index (χ3v) is 4.20. The molecular formula is C18H12BrF2N3O5. The van der Waals surface area contributed by atoms with Crippen molar-refractivity contribution in [2.75, 3.05) is 12.4 Å². The molecule has 1 N–H and O–H groups in total. The van der Waals surface area contributed by atoms with Gasteiger partial charge >= 0.3 is 6.61 Å². The van der Waals surface area contributed by atoms with Crippen molar-refractivity contribution in [1.82, 2.24) is 0 Å². The van der Waals surface area contributed by atoms with Crippen LogP contribution in [-0.4, -0.2) is 24.6 Å². The van der Waals surface area contributed by atoms with Gasteiger partial charge in [-0.15, -0.1) is 0 Å². The summed E-state index contributed by atoms with van der Waals surface area (Å²) in [6, 6.07) is 10.1. The first-order valence-corrected chi connectivity index (χ1v) is 8.55. The van der Waals surface area contributed by atoms with Crippen LogP contribution in [-0.2, 0) is 4.79 Å². The lowest BCUT2D eigenvalue weighted by Crippen LogP contribution is -2.14. The van der Waals surface area contributed by atoms with Crippen molar-refractivity contribution in [3.63, 3.8) is 0 Å². The van der Waals surface area contributed by atoms with Gasteiger partial charge in [0.1, 0.15) is 11.6 Å². The zero-order chi connectivity index (χ0) is 21.6. The number of carbonyl (C=O) groups excluding carboxylic acids is 1. The zero-order valence-corrected chi connectivity index (χ0v) is 16.3. The molecule has 2 rings (SSSR count). The molecule has 0 radical (unpaired) electrons. The van der Waals surface area contributed by atoms with E-state index in [-0.39, 0.29) is 11.3 Å². The molecular weight excluding hydrogens is 456 g/mol. The van der Waals surface area contributed by atoms with Gasteiger partial charge in [0.2, 0.25) is 0 Å². The number of amides is 1. The fourth-order valence-corrected chi connectivity index (χ4v) is 2.63. The van der Waals surface area contributed by atoms with Crippen LogP contribution in [0.15, 0.2) is 46.4 Å². The highest BCUT2D eigenvalue weighted by Gasteiger charge is 2.22. The molecule has 0 bridgehead atoms. The van der Waals surface area contributed by atoms with E-state index in [0.717, 1.165) is 25.3 Å². The highest BCUT2D eigenvalue weighted by Crippen LogP contribution is 2.36. The van der Waals surface area contributed by atoms with Crippen LogP contribution in [0.3, 0.4) is 0 Å². The second-order valence-electron chi connectivity index (χ2n) is 5.30. The molecule has 0 saturated carbocycles. The monoisotopic (exact) mass is 467 g/mol. The van der Waals surface area contributed by atoms with Gasteiger partial charge < -0.3 is 14.8 Å². The normalized spacial score (nSPS) is 11.0. The highest BCUT2D eigenvalue weighted by atomic mass is 79.9. The minimum Gasteiger partial charge on any atom is -0.493 e. The summed E-state index contributed by atoms with van der Waals surface area (Å²) < 4.78 is 34.7. The molecule has 0 aromatic heterocycles. The van der Waals surface area contributed by atoms with Crippen LogP contribution in [0.5, 0.6) is 11.5 Å². The topological polar surface area (TPSA) is 114 Å². The molecule has 0 spiro atoms. The van der Waals surface area contributed by atoms with Crippen molar-refractivity contribution >= 4 is 39.3 Å². The van der Waals surface area contributed by atoms with Gasteiger partial charge in [-0.25, -0.2) is 0 Å². The van der Waals surface area contributed by atoms with Crippen molar-refractivity contribution in [2.24, 2.45) is 0 Å². The van der Waals surface area contributed by atoms with E-state index in [1.54, 1.807) is 30.3 Å². The molecule has 8 nitrogen and oxygen atoms in total. The van der Waals surface area contributed by atoms with Crippen LogP contribution >= 0.6 is 15.9 Å². The number of nitro benzene ring substituents is 1. The Kier molecular flexibility index (Phi) is 7.21. The Bertz CT molecular complexity index is 1020. The minimum atomic E-state index is -3.23. The van der Waals surface area contributed by atoms with E-state index < -0.39 is 34.5 Å². The number of nitro groups is 1. The van der Waals surface area contributed by atoms with Crippen molar-refractivity contribution < 1.29 is 28.0 Å². The van der Waals surface area contributed by atoms with Gasteiger partial charge in [0.15, 0.2) is 11.5 Å². The number of nitrogens with zero attached hydrogens (tertiary/aromatic N) is 2. The number of hydrogen-bond acceptors (Lipinski definition) is 6. The number of para-hydroxylation sites is 1. The summed E-state index contributed by atoms with van der Waals surface area (Å²) in [5.41, 5.74) is -0.921. The van der Waals surface area contributed by atoms with Crippen LogP contribution in [0, 0.1) is 21.4 Å². The predicted octanol–water partition coefficient (Wildman–Crippen LogP) is 4.51. The maximum Gasteiger partial charge on any atom is 0.387 e. The second kappa shape index (κ2) is 9.61. The summed E-state index contributed by atoms with van der Waals surface area (Å²) in [4.78, 5) is 22.9. The first-order valence-electron chi connectivity index (χ1n) is 7.75. The minimum absolute atomic E-state index is 0.202. The van der Waals surface area contributed by atoms with E-state index in [4.69, 9.17) is 4.74 Å². The van der Waals surface area contributed by atoms with Gasteiger partial charge in [-0.1, -0.05) is 12.1 Å². The van der Waals surface area contributed by atoms with E-state index in [2.05, 4.69) is 26.0 Å². The van der Waals surface area contributed by atoms with Crippen LogP contribution in [0.2, 0.25) is 0 Å². The van der Waals surface area contributed by atoms with E-state index in [1.165, 1.54) is 0 Å². The Morgan fingerprint density at radius 1 is 1.34 bits per heavy atom. The van der Waals surface area contributed by atoms with Crippen LogP contribution in [0.1, 0.15) is 5.56 Å². The molecule has 2 aromatic rings. The number of halogens is 3. The Morgan fingerprint density at radius 3 is 2.59 bits per heavy atom. The van der Waals surface area contributed by atoms with Gasteiger partial charge in [-0.3, -0.25) is 14.9 Å². The lowest BCUT2D eigenvalue weighted by atomic mass is 10.1. The van der Waals surface area contributed by atoms with E-state index in [9.17, 15) is 29.0 Å². The van der Waals surface area contributed by atoms with Crippen molar-refractivity contribution in [3.05, 3.63) is 62.1 Å². The van der Waals surface area contributed by atoms with Crippen LogP contribution < -0.4 is 14.8 Å². The van der Waals surface area contributed by atoms with Crippen molar-refractivity contribution in [3.8, 4) is 17.6 Å². The Morgan fingerprint density at radius 2 is 2.03 bits per heavy atom. The lowest BCUT2D eigenvalue weighted by molar-refractivity contribution is -0.385. The fraction of sp³-hybridized carbons (Fsp3) is 0.111.